The molecule has 0 radical (unpaired) electrons. The van der Waals surface area contributed by atoms with Gasteiger partial charge >= 0.3 is 6.03 Å². The number of anilines is 1. The van der Waals surface area contributed by atoms with Crippen LogP contribution < -0.4 is 10.6 Å². The lowest BCUT2D eigenvalue weighted by molar-refractivity contribution is -0.113. The summed E-state index contributed by atoms with van der Waals surface area (Å²) in [6, 6.07) is 5.56. The highest BCUT2D eigenvalue weighted by molar-refractivity contribution is 6.42. The number of carbonyl (C=O) groups is 2. The van der Waals surface area contributed by atoms with Gasteiger partial charge in [-0.3, -0.25) is 4.79 Å². The minimum Gasteiger partial charge on any atom is -0.360 e. The molecule has 2 N–H and O–H groups in total. The predicted molar refractivity (Wildman–Crippen MR) is 98.1 cm³/mol. The Morgan fingerprint density at radius 2 is 2.08 bits per heavy atom. The molecular formula is C17H16Cl2N4O3. The van der Waals surface area contributed by atoms with Crippen molar-refractivity contribution in [1.29, 1.82) is 0 Å². The second-order valence-electron chi connectivity index (χ2n) is 5.86. The highest BCUT2D eigenvalue weighted by Gasteiger charge is 2.35. The molecule has 2 aromatic rings. The number of hydrogen-bond acceptors (Lipinski definition) is 4. The summed E-state index contributed by atoms with van der Waals surface area (Å²) in [5, 5.41) is 9.83. The minimum absolute atomic E-state index is 0.277. The smallest absolute Gasteiger partial charge is 0.322 e. The highest BCUT2D eigenvalue weighted by Crippen LogP contribution is 2.37. The zero-order valence-corrected chi connectivity index (χ0v) is 15.8. The van der Waals surface area contributed by atoms with Crippen LogP contribution in [0.2, 0.25) is 10.0 Å². The second-order valence-corrected chi connectivity index (χ2v) is 6.65. The van der Waals surface area contributed by atoms with Gasteiger partial charge in [-0.25, -0.2) is 4.79 Å². The first-order chi connectivity index (χ1) is 12.3. The van der Waals surface area contributed by atoms with Crippen LogP contribution in [0.3, 0.4) is 0 Å². The Morgan fingerprint density at radius 1 is 1.35 bits per heavy atom. The molecule has 9 heteroatoms. The van der Waals surface area contributed by atoms with Gasteiger partial charge in [-0.05, 0) is 25.5 Å². The molecule has 136 valence electrons. The molecule has 1 atom stereocenters. The molecule has 7 nitrogen and oxygen atoms in total. The highest BCUT2D eigenvalue weighted by atomic mass is 35.5. The number of urea groups is 1. The molecule has 0 fully saturated rings. The van der Waals surface area contributed by atoms with Crippen LogP contribution in [0.15, 0.2) is 40.1 Å². The van der Waals surface area contributed by atoms with Gasteiger partial charge in [0.15, 0.2) is 5.82 Å². The minimum atomic E-state index is -0.752. The molecule has 2 heterocycles. The van der Waals surface area contributed by atoms with Gasteiger partial charge in [-0.2, -0.15) is 0 Å². The number of carbonyl (C=O) groups excluding carboxylic acids is 2. The van der Waals surface area contributed by atoms with Crippen molar-refractivity contribution in [1.82, 2.24) is 15.4 Å². The van der Waals surface area contributed by atoms with Crippen molar-refractivity contribution < 1.29 is 14.1 Å². The van der Waals surface area contributed by atoms with Gasteiger partial charge in [0.25, 0.3) is 5.91 Å². The number of aromatic nitrogens is 1. The Kier molecular flexibility index (Phi) is 4.93. The van der Waals surface area contributed by atoms with Gasteiger partial charge in [0.1, 0.15) is 5.76 Å². The van der Waals surface area contributed by atoms with Crippen LogP contribution in [0.5, 0.6) is 0 Å². The van der Waals surface area contributed by atoms with E-state index < -0.39 is 11.9 Å². The molecule has 0 saturated carbocycles. The molecule has 0 aliphatic carbocycles. The number of hydrogen-bond donors (Lipinski definition) is 2. The molecule has 0 saturated heterocycles. The van der Waals surface area contributed by atoms with Crippen molar-refractivity contribution >= 4 is 41.0 Å². The molecule has 3 rings (SSSR count). The summed E-state index contributed by atoms with van der Waals surface area (Å²) in [4.78, 5) is 26.5. The molecular weight excluding hydrogens is 379 g/mol. The van der Waals surface area contributed by atoms with E-state index in [2.05, 4.69) is 15.8 Å². The third-order valence-corrected chi connectivity index (χ3v) is 4.99. The van der Waals surface area contributed by atoms with Crippen LogP contribution in [0.4, 0.5) is 10.6 Å². The Hall–Kier alpha value is -2.51. The monoisotopic (exact) mass is 394 g/mol. The summed E-state index contributed by atoms with van der Waals surface area (Å²) in [6.07, 6.45) is 0. The molecule has 1 aromatic carbocycles. The number of nitrogens with zero attached hydrogens (tertiary/aromatic N) is 2. The third-order valence-electron chi connectivity index (χ3n) is 4.16. The average Bonchev–Trinajstić information content (AvgIpc) is 2.99. The van der Waals surface area contributed by atoms with Gasteiger partial charge in [0.05, 0.1) is 21.7 Å². The Morgan fingerprint density at radius 3 is 2.73 bits per heavy atom. The van der Waals surface area contributed by atoms with Gasteiger partial charge in [0.2, 0.25) is 0 Å². The van der Waals surface area contributed by atoms with E-state index in [1.165, 1.54) is 4.90 Å². The predicted octanol–water partition coefficient (Wildman–Crippen LogP) is 3.90. The molecule has 1 aromatic heterocycles. The topological polar surface area (TPSA) is 87.5 Å². The fourth-order valence-corrected chi connectivity index (χ4v) is 3.13. The van der Waals surface area contributed by atoms with Crippen LogP contribution in [-0.4, -0.2) is 29.0 Å². The fraction of sp³-hybridized carbons (Fsp3) is 0.235. The lowest BCUT2D eigenvalue weighted by Gasteiger charge is -2.34. The summed E-state index contributed by atoms with van der Waals surface area (Å²) in [7, 11) is 1.58. The SMILES string of the molecule is CC1=C(C(=O)Nc2cc(C)on2)[C@@H](c2cccc(Cl)c2Cl)NC(=O)N1C. The maximum atomic E-state index is 12.9. The van der Waals surface area contributed by atoms with E-state index in [-0.39, 0.29) is 16.9 Å². The summed E-state index contributed by atoms with van der Waals surface area (Å²) in [6.45, 7) is 3.41. The third kappa shape index (κ3) is 3.27. The van der Waals surface area contributed by atoms with Gasteiger partial charge in [0, 0.05) is 18.8 Å². The van der Waals surface area contributed by atoms with Gasteiger partial charge in [-0.15, -0.1) is 0 Å². The lowest BCUT2D eigenvalue weighted by Crippen LogP contribution is -2.46. The summed E-state index contributed by atoms with van der Waals surface area (Å²) in [5.74, 6) is 0.418. The van der Waals surface area contributed by atoms with Crippen LogP contribution in [0, 0.1) is 6.92 Å². The molecule has 1 aliphatic rings. The van der Waals surface area contributed by atoms with E-state index in [9.17, 15) is 9.59 Å². The number of nitrogens with one attached hydrogen (secondary N) is 2. The second kappa shape index (κ2) is 7.01. The van der Waals surface area contributed by atoms with Gasteiger partial charge < -0.3 is 20.1 Å². The largest absolute Gasteiger partial charge is 0.360 e. The van der Waals surface area contributed by atoms with Crippen LogP contribution in [-0.2, 0) is 4.79 Å². The number of allylic oxidation sites excluding steroid dienone is 1. The zero-order chi connectivity index (χ0) is 19.0. The standard InChI is InChI=1S/C17H16Cl2N4O3/c1-8-7-12(22-26-8)20-16(24)13-9(2)23(3)17(25)21-15(13)10-5-4-6-11(18)14(10)19/h4-7,15H,1-3H3,(H,21,25)(H,20,22,24)/t15-/m1/s1. The summed E-state index contributed by atoms with van der Waals surface area (Å²) in [5.41, 5.74) is 1.35. The number of benzene rings is 1. The van der Waals surface area contributed by atoms with E-state index in [0.717, 1.165) is 0 Å². The Balaban J connectivity index is 2.05. The van der Waals surface area contributed by atoms with Crippen molar-refractivity contribution in [2.45, 2.75) is 19.9 Å². The Bertz CT molecular complexity index is 922. The number of rotatable bonds is 3. The molecule has 0 unspecified atom stereocenters. The molecule has 0 spiro atoms. The van der Waals surface area contributed by atoms with Gasteiger partial charge in [-0.1, -0.05) is 40.5 Å². The summed E-state index contributed by atoms with van der Waals surface area (Å²) < 4.78 is 4.96. The van der Waals surface area contributed by atoms with Crippen molar-refractivity contribution in [3.05, 3.63) is 56.9 Å². The van der Waals surface area contributed by atoms with Crippen molar-refractivity contribution in [3.63, 3.8) is 0 Å². The van der Waals surface area contributed by atoms with E-state index in [1.54, 1.807) is 45.2 Å². The van der Waals surface area contributed by atoms with Crippen LogP contribution in [0.1, 0.15) is 24.3 Å². The normalized spacial score (nSPS) is 17.3. The van der Waals surface area contributed by atoms with E-state index in [4.69, 9.17) is 27.7 Å². The number of amides is 3. The first kappa shape index (κ1) is 18.3. The molecule has 26 heavy (non-hydrogen) atoms. The Labute approximate surface area is 159 Å². The van der Waals surface area contributed by atoms with E-state index in [1.807, 2.05) is 0 Å². The quantitative estimate of drug-likeness (QED) is 0.825. The number of halogens is 2. The summed E-state index contributed by atoms with van der Waals surface area (Å²) >= 11 is 12.4. The average molecular weight is 395 g/mol. The first-order valence-electron chi connectivity index (χ1n) is 7.73. The first-order valence-corrected chi connectivity index (χ1v) is 8.48. The lowest BCUT2D eigenvalue weighted by atomic mass is 9.94. The number of aryl methyl sites for hydroxylation is 1. The molecule has 0 bridgehead atoms. The van der Waals surface area contributed by atoms with Crippen molar-refractivity contribution in [2.24, 2.45) is 0 Å². The van der Waals surface area contributed by atoms with Crippen molar-refractivity contribution in [3.8, 4) is 0 Å². The van der Waals surface area contributed by atoms with Crippen LogP contribution >= 0.6 is 23.2 Å². The van der Waals surface area contributed by atoms with Crippen LogP contribution in [0.25, 0.3) is 0 Å². The zero-order valence-electron chi connectivity index (χ0n) is 14.3. The van der Waals surface area contributed by atoms with E-state index >= 15 is 0 Å². The maximum Gasteiger partial charge on any atom is 0.322 e. The maximum absolute atomic E-state index is 12.9. The molecule has 1 aliphatic heterocycles. The fourth-order valence-electron chi connectivity index (χ4n) is 2.72. The molecule has 3 amide bonds. The van der Waals surface area contributed by atoms with Crippen molar-refractivity contribution in [2.75, 3.05) is 12.4 Å². The van der Waals surface area contributed by atoms with E-state index in [0.29, 0.717) is 27.6 Å².